The number of rotatable bonds is 3. The van der Waals surface area contributed by atoms with Crippen LogP contribution < -0.4 is 0 Å². The van der Waals surface area contributed by atoms with Crippen molar-refractivity contribution in [1.29, 1.82) is 0 Å². The fourth-order valence-electron chi connectivity index (χ4n) is 1.15. The minimum Gasteiger partial charge on any atom is -0.389 e. The van der Waals surface area contributed by atoms with Crippen molar-refractivity contribution in [2.75, 3.05) is 0 Å². The molecule has 16 heavy (non-hydrogen) atoms. The third kappa shape index (κ3) is 2.77. The number of aliphatic hydroxyl groups excluding tert-OH is 1. The van der Waals surface area contributed by atoms with Crippen LogP contribution in [0.2, 0.25) is 0 Å². The standard InChI is InChI=1S/C11H11N3OS/c1-8(15)9-2-3-10(13-6-9)16-11-4-5-12-7-14-11/h2-8,15H,1H3/t8-/m1/s1. The fraction of sp³-hybridized carbons (Fsp3) is 0.182. The molecule has 0 radical (unpaired) electrons. The largest absolute Gasteiger partial charge is 0.389 e. The second kappa shape index (κ2) is 5.05. The van der Waals surface area contributed by atoms with Crippen LogP contribution in [-0.4, -0.2) is 20.1 Å². The van der Waals surface area contributed by atoms with E-state index < -0.39 is 6.10 Å². The van der Waals surface area contributed by atoms with Gasteiger partial charge in [0, 0.05) is 12.4 Å². The van der Waals surface area contributed by atoms with Crippen molar-refractivity contribution < 1.29 is 5.11 Å². The summed E-state index contributed by atoms with van der Waals surface area (Å²) in [6.07, 6.45) is 4.39. The predicted molar refractivity (Wildman–Crippen MR) is 61.0 cm³/mol. The van der Waals surface area contributed by atoms with Crippen LogP contribution in [0.3, 0.4) is 0 Å². The van der Waals surface area contributed by atoms with E-state index in [1.165, 1.54) is 18.1 Å². The molecule has 2 heterocycles. The topological polar surface area (TPSA) is 58.9 Å². The first-order chi connectivity index (χ1) is 7.75. The molecule has 0 aliphatic carbocycles. The third-order valence-electron chi connectivity index (χ3n) is 2.01. The number of hydrogen-bond donors (Lipinski definition) is 1. The van der Waals surface area contributed by atoms with Gasteiger partial charge in [0.2, 0.25) is 0 Å². The zero-order valence-electron chi connectivity index (χ0n) is 8.74. The quantitative estimate of drug-likeness (QED) is 0.822. The molecule has 2 aromatic heterocycles. The Labute approximate surface area is 97.8 Å². The number of pyridine rings is 1. The molecule has 0 saturated heterocycles. The highest BCUT2D eigenvalue weighted by Gasteiger charge is 2.03. The molecule has 5 heteroatoms. The van der Waals surface area contributed by atoms with E-state index in [-0.39, 0.29) is 0 Å². The summed E-state index contributed by atoms with van der Waals surface area (Å²) in [4.78, 5) is 12.2. The lowest BCUT2D eigenvalue weighted by atomic mass is 10.2. The summed E-state index contributed by atoms with van der Waals surface area (Å²) in [5.41, 5.74) is 0.812. The Balaban J connectivity index is 2.11. The molecular formula is C11H11N3OS. The summed E-state index contributed by atoms with van der Waals surface area (Å²) in [5.74, 6) is 0. The number of nitrogens with zero attached hydrogens (tertiary/aromatic N) is 3. The maximum atomic E-state index is 9.34. The first kappa shape index (κ1) is 11.0. The summed E-state index contributed by atoms with van der Waals surface area (Å²) < 4.78 is 0. The van der Waals surface area contributed by atoms with Gasteiger partial charge in [-0.2, -0.15) is 0 Å². The average molecular weight is 233 g/mol. The van der Waals surface area contributed by atoms with Gasteiger partial charge in [-0.05, 0) is 36.4 Å². The van der Waals surface area contributed by atoms with E-state index in [0.29, 0.717) is 0 Å². The van der Waals surface area contributed by atoms with E-state index in [9.17, 15) is 5.11 Å². The molecule has 1 atom stereocenters. The minimum atomic E-state index is -0.481. The highest BCUT2D eigenvalue weighted by molar-refractivity contribution is 7.99. The molecule has 2 aromatic rings. The van der Waals surface area contributed by atoms with Gasteiger partial charge in [-0.1, -0.05) is 6.07 Å². The maximum absolute atomic E-state index is 9.34. The Kier molecular flexibility index (Phi) is 3.48. The van der Waals surface area contributed by atoms with E-state index in [1.54, 1.807) is 19.3 Å². The second-order valence-electron chi connectivity index (χ2n) is 3.26. The van der Waals surface area contributed by atoms with Crippen LogP contribution in [0, 0.1) is 0 Å². The molecule has 0 aliphatic rings. The molecule has 0 spiro atoms. The van der Waals surface area contributed by atoms with Crippen molar-refractivity contribution in [2.45, 2.75) is 23.1 Å². The molecule has 82 valence electrons. The van der Waals surface area contributed by atoms with Gasteiger partial charge >= 0.3 is 0 Å². The first-order valence-electron chi connectivity index (χ1n) is 4.83. The van der Waals surface area contributed by atoms with Gasteiger partial charge in [0.15, 0.2) is 0 Å². The fourth-order valence-corrected chi connectivity index (χ4v) is 1.83. The van der Waals surface area contributed by atoms with Crippen molar-refractivity contribution in [1.82, 2.24) is 15.0 Å². The minimum absolute atomic E-state index is 0.481. The lowest BCUT2D eigenvalue weighted by molar-refractivity contribution is 0.198. The summed E-state index contributed by atoms with van der Waals surface area (Å²) in [6.45, 7) is 1.72. The van der Waals surface area contributed by atoms with Crippen LogP contribution >= 0.6 is 11.8 Å². The third-order valence-corrected chi connectivity index (χ3v) is 2.91. The summed E-state index contributed by atoms with van der Waals surface area (Å²) in [6, 6.07) is 5.56. The molecule has 2 rings (SSSR count). The molecule has 4 nitrogen and oxygen atoms in total. The molecular weight excluding hydrogens is 222 g/mol. The number of hydrogen-bond acceptors (Lipinski definition) is 5. The number of aromatic nitrogens is 3. The molecule has 0 bridgehead atoms. The van der Waals surface area contributed by atoms with Crippen LogP contribution in [-0.2, 0) is 0 Å². The van der Waals surface area contributed by atoms with Gasteiger partial charge in [-0.25, -0.2) is 15.0 Å². The van der Waals surface area contributed by atoms with E-state index in [2.05, 4.69) is 15.0 Å². The van der Waals surface area contributed by atoms with E-state index in [1.807, 2.05) is 18.2 Å². The summed E-state index contributed by atoms with van der Waals surface area (Å²) >= 11 is 1.46. The SMILES string of the molecule is C[C@@H](O)c1ccc(Sc2ccncn2)nc1. The Morgan fingerprint density at radius 3 is 2.56 bits per heavy atom. The normalized spacial score (nSPS) is 12.4. The highest BCUT2D eigenvalue weighted by Crippen LogP contribution is 2.24. The van der Waals surface area contributed by atoms with Crippen molar-refractivity contribution in [3.8, 4) is 0 Å². The lowest BCUT2D eigenvalue weighted by Crippen LogP contribution is -1.92. The van der Waals surface area contributed by atoms with Gasteiger partial charge in [0.1, 0.15) is 16.4 Å². The van der Waals surface area contributed by atoms with Gasteiger partial charge < -0.3 is 5.11 Å². The second-order valence-corrected chi connectivity index (χ2v) is 4.30. The zero-order chi connectivity index (χ0) is 11.4. The van der Waals surface area contributed by atoms with E-state index in [0.717, 1.165) is 15.6 Å². The molecule has 0 unspecified atom stereocenters. The van der Waals surface area contributed by atoms with E-state index in [4.69, 9.17) is 0 Å². The number of aliphatic hydroxyl groups is 1. The van der Waals surface area contributed by atoms with Crippen LogP contribution in [0.25, 0.3) is 0 Å². The Morgan fingerprint density at radius 2 is 2.00 bits per heavy atom. The van der Waals surface area contributed by atoms with Crippen LogP contribution in [0.5, 0.6) is 0 Å². The van der Waals surface area contributed by atoms with Gasteiger partial charge in [-0.15, -0.1) is 0 Å². The van der Waals surface area contributed by atoms with Crippen molar-refractivity contribution in [3.05, 3.63) is 42.5 Å². The Morgan fingerprint density at radius 1 is 1.19 bits per heavy atom. The Bertz CT molecular complexity index is 445. The predicted octanol–water partition coefficient (Wildman–Crippen LogP) is 2.08. The van der Waals surface area contributed by atoms with Crippen LogP contribution in [0.4, 0.5) is 0 Å². The molecule has 0 saturated carbocycles. The summed E-state index contributed by atoms with van der Waals surface area (Å²) in [7, 11) is 0. The van der Waals surface area contributed by atoms with Crippen LogP contribution in [0.1, 0.15) is 18.6 Å². The van der Waals surface area contributed by atoms with Gasteiger partial charge in [0.25, 0.3) is 0 Å². The Hall–Kier alpha value is -1.46. The maximum Gasteiger partial charge on any atom is 0.116 e. The molecule has 0 aliphatic heterocycles. The van der Waals surface area contributed by atoms with E-state index >= 15 is 0 Å². The molecule has 0 fully saturated rings. The van der Waals surface area contributed by atoms with Crippen molar-refractivity contribution in [3.63, 3.8) is 0 Å². The average Bonchev–Trinajstić information content (AvgIpc) is 2.31. The zero-order valence-corrected chi connectivity index (χ0v) is 9.56. The smallest absolute Gasteiger partial charge is 0.116 e. The van der Waals surface area contributed by atoms with Crippen LogP contribution in [0.15, 0.2) is 47.0 Å². The summed E-state index contributed by atoms with van der Waals surface area (Å²) in [5, 5.41) is 11.0. The highest BCUT2D eigenvalue weighted by atomic mass is 32.2. The lowest BCUT2D eigenvalue weighted by Gasteiger charge is -2.04. The van der Waals surface area contributed by atoms with Gasteiger partial charge in [0.05, 0.1) is 6.10 Å². The first-order valence-corrected chi connectivity index (χ1v) is 5.65. The van der Waals surface area contributed by atoms with Gasteiger partial charge in [-0.3, -0.25) is 0 Å². The molecule has 0 aromatic carbocycles. The van der Waals surface area contributed by atoms with Crippen molar-refractivity contribution in [2.24, 2.45) is 0 Å². The molecule has 0 amide bonds. The van der Waals surface area contributed by atoms with Crippen molar-refractivity contribution >= 4 is 11.8 Å². The monoisotopic (exact) mass is 233 g/mol. The molecule has 1 N–H and O–H groups in total.